The second-order valence-corrected chi connectivity index (χ2v) is 7.26. The summed E-state index contributed by atoms with van der Waals surface area (Å²) in [5.41, 5.74) is 3.75. The summed E-state index contributed by atoms with van der Waals surface area (Å²) in [7, 11) is 0. The van der Waals surface area contributed by atoms with Gasteiger partial charge in [-0.2, -0.15) is 5.26 Å². The number of thioether (sulfide) groups is 1. The maximum absolute atomic E-state index is 9.28. The lowest BCUT2D eigenvalue weighted by atomic mass is 9.95. The van der Waals surface area contributed by atoms with Crippen molar-refractivity contribution in [1.82, 2.24) is 4.98 Å². The van der Waals surface area contributed by atoms with Gasteiger partial charge in [0.15, 0.2) is 0 Å². The zero-order valence-corrected chi connectivity index (χ0v) is 11.8. The van der Waals surface area contributed by atoms with Crippen molar-refractivity contribution in [2.24, 2.45) is 5.41 Å². The van der Waals surface area contributed by atoms with E-state index in [2.05, 4.69) is 26.0 Å². The second-order valence-electron chi connectivity index (χ2n) is 6.07. The third kappa shape index (κ3) is 2.14. The van der Waals surface area contributed by atoms with Gasteiger partial charge in [-0.05, 0) is 49.1 Å². The van der Waals surface area contributed by atoms with Gasteiger partial charge < -0.3 is 0 Å². The second kappa shape index (κ2) is 4.28. The highest BCUT2D eigenvalue weighted by Crippen LogP contribution is 2.55. The van der Waals surface area contributed by atoms with Crippen LogP contribution in [0.4, 0.5) is 0 Å². The van der Waals surface area contributed by atoms with Crippen LogP contribution in [0.3, 0.4) is 0 Å². The van der Waals surface area contributed by atoms with Crippen LogP contribution in [0.25, 0.3) is 0 Å². The number of aromatic nitrogens is 1. The molecular weight excluding hydrogens is 240 g/mol. The van der Waals surface area contributed by atoms with Crippen molar-refractivity contribution < 1.29 is 0 Å². The first-order valence-electron chi connectivity index (χ1n) is 6.70. The lowest BCUT2D eigenvalue weighted by molar-refractivity contribution is 0.654. The quantitative estimate of drug-likeness (QED) is 0.811. The van der Waals surface area contributed by atoms with E-state index in [1.165, 1.54) is 30.5 Å². The molecule has 1 atom stereocenters. The minimum absolute atomic E-state index is 0.426. The topological polar surface area (TPSA) is 36.7 Å². The van der Waals surface area contributed by atoms with Crippen molar-refractivity contribution in [2.45, 2.75) is 56.2 Å². The van der Waals surface area contributed by atoms with Crippen LogP contribution in [0.1, 0.15) is 49.9 Å². The molecule has 2 aliphatic carbocycles. The van der Waals surface area contributed by atoms with E-state index < -0.39 is 0 Å². The molecule has 0 amide bonds. The molecule has 0 aliphatic heterocycles. The van der Waals surface area contributed by atoms with Gasteiger partial charge in [0.05, 0.1) is 5.56 Å². The molecule has 0 saturated heterocycles. The number of pyridine rings is 1. The Morgan fingerprint density at radius 3 is 2.78 bits per heavy atom. The molecule has 1 saturated carbocycles. The summed E-state index contributed by atoms with van der Waals surface area (Å²) in [6, 6.07) is 4.41. The molecule has 2 nitrogen and oxygen atoms in total. The van der Waals surface area contributed by atoms with Crippen LogP contribution < -0.4 is 0 Å². The monoisotopic (exact) mass is 258 g/mol. The molecule has 94 valence electrons. The van der Waals surface area contributed by atoms with Crippen LogP contribution in [0.5, 0.6) is 0 Å². The highest BCUT2D eigenvalue weighted by atomic mass is 32.2. The van der Waals surface area contributed by atoms with E-state index >= 15 is 0 Å². The summed E-state index contributed by atoms with van der Waals surface area (Å²) in [6.45, 7) is 4.57. The molecule has 1 heterocycles. The number of hydrogen-bond acceptors (Lipinski definition) is 3. The van der Waals surface area contributed by atoms with E-state index in [-0.39, 0.29) is 0 Å². The van der Waals surface area contributed by atoms with Gasteiger partial charge in [0.1, 0.15) is 11.1 Å². The van der Waals surface area contributed by atoms with Crippen molar-refractivity contribution in [3.63, 3.8) is 0 Å². The van der Waals surface area contributed by atoms with Crippen molar-refractivity contribution in [3.8, 4) is 6.07 Å². The van der Waals surface area contributed by atoms with Crippen LogP contribution in [0.2, 0.25) is 0 Å². The smallest absolute Gasteiger partial charge is 0.114 e. The van der Waals surface area contributed by atoms with E-state index in [1.54, 1.807) is 11.8 Å². The Hall–Kier alpha value is -1.01. The van der Waals surface area contributed by atoms with Crippen molar-refractivity contribution in [3.05, 3.63) is 22.9 Å². The molecule has 0 aromatic carbocycles. The van der Waals surface area contributed by atoms with Gasteiger partial charge >= 0.3 is 0 Å². The number of hydrogen-bond donors (Lipinski definition) is 0. The summed E-state index contributed by atoms with van der Waals surface area (Å²) < 4.78 is 0. The van der Waals surface area contributed by atoms with Crippen LogP contribution >= 0.6 is 11.8 Å². The Bertz CT molecular complexity index is 528. The van der Waals surface area contributed by atoms with Gasteiger partial charge in [0.25, 0.3) is 0 Å². The van der Waals surface area contributed by atoms with Gasteiger partial charge in [-0.1, -0.05) is 13.8 Å². The van der Waals surface area contributed by atoms with Gasteiger partial charge in [0.2, 0.25) is 0 Å². The fourth-order valence-electron chi connectivity index (χ4n) is 2.54. The van der Waals surface area contributed by atoms with Crippen LogP contribution in [0.15, 0.2) is 11.1 Å². The molecule has 0 spiro atoms. The highest BCUT2D eigenvalue weighted by molar-refractivity contribution is 8.00. The van der Waals surface area contributed by atoms with Crippen molar-refractivity contribution in [2.75, 3.05) is 0 Å². The maximum Gasteiger partial charge on any atom is 0.114 e. The summed E-state index contributed by atoms with van der Waals surface area (Å²) in [4.78, 5) is 4.77. The molecule has 1 aromatic heterocycles. The molecule has 2 aliphatic rings. The van der Waals surface area contributed by atoms with Crippen LogP contribution in [-0.2, 0) is 12.8 Å². The van der Waals surface area contributed by atoms with E-state index in [1.807, 2.05) is 0 Å². The zero-order chi connectivity index (χ0) is 12.8. The van der Waals surface area contributed by atoms with E-state index in [0.717, 1.165) is 23.4 Å². The Balaban J connectivity index is 1.91. The van der Waals surface area contributed by atoms with Gasteiger partial charge in [-0.25, -0.2) is 4.98 Å². The maximum atomic E-state index is 9.28. The third-order valence-electron chi connectivity index (χ3n) is 4.06. The molecule has 1 unspecified atom stereocenters. The lowest BCUT2D eigenvalue weighted by Crippen LogP contribution is -2.07. The van der Waals surface area contributed by atoms with Crippen LogP contribution in [-0.4, -0.2) is 10.2 Å². The molecule has 1 aromatic rings. The lowest BCUT2D eigenvalue weighted by Gasteiger charge is -2.16. The Morgan fingerprint density at radius 2 is 2.11 bits per heavy atom. The molecule has 0 radical (unpaired) electrons. The predicted molar refractivity (Wildman–Crippen MR) is 73.6 cm³/mol. The summed E-state index contributed by atoms with van der Waals surface area (Å²) in [5, 5.41) is 10.9. The van der Waals surface area contributed by atoms with Crippen molar-refractivity contribution in [1.29, 1.82) is 5.26 Å². The fraction of sp³-hybridized carbons (Fsp3) is 0.600. The number of nitriles is 1. The molecular formula is C15H18N2S. The molecule has 3 rings (SSSR count). The number of nitrogens with zero attached hydrogens (tertiary/aromatic N) is 2. The Kier molecular flexibility index (Phi) is 2.86. The minimum atomic E-state index is 0.426. The fourth-order valence-corrected chi connectivity index (χ4v) is 4.04. The van der Waals surface area contributed by atoms with Gasteiger partial charge in [0, 0.05) is 10.9 Å². The first-order valence-corrected chi connectivity index (χ1v) is 7.58. The van der Waals surface area contributed by atoms with Crippen LogP contribution in [0, 0.1) is 16.7 Å². The zero-order valence-electron chi connectivity index (χ0n) is 11.0. The molecule has 18 heavy (non-hydrogen) atoms. The average molecular weight is 258 g/mol. The predicted octanol–water partition coefficient (Wildman–Crippen LogP) is 3.72. The Morgan fingerprint density at radius 1 is 1.39 bits per heavy atom. The number of aryl methyl sites for hydroxylation is 2. The standard InChI is InChI=1S/C15H18N2S/c1-15(2)8-13(15)18-14-11(9-16)7-10-5-3-4-6-12(10)17-14/h7,13H,3-6,8H2,1-2H3. The van der Waals surface area contributed by atoms with E-state index in [9.17, 15) is 5.26 Å². The minimum Gasteiger partial charge on any atom is -0.245 e. The molecule has 1 fully saturated rings. The number of rotatable bonds is 2. The first-order chi connectivity index (χ1) is 8.60. The summed E-state index contributed by atoms with van der Waals surface area (Å²) in [6.07, 6.45) is 5.90. The largest absolute Gasteiger partial charge is 0.245 e. The van der Waals surface area contributed by atoms with Crippen molar-refractivity contribution >= 4 is 11.8 Å². The first kappa shape index (κ1) is 12.0. The van der Waals surface area contributed by atoms with E-state index in [0.29, 0.717) is 10.7 Å². The normalized spacial score (nSPS) is 24.2. The molecule has 3 heteroatoms. The summed E-state index contributed by atoms with van der Waals surface area (Å²) >= 11 is 1.81. The molecule has 0 bridgehead atoms. The number of fused-ring (bicyclic) bond motifs is 1. The summed E-state index contributed by atoms with van der Waals surface area (Å²) in [5.74, 6) is 0. The molecule has 0 N–H and O–H groups in total. The Labute approximate surface area is 113 Å². The van der Waals surface area contributed by atoms with Gasteiger partial charge in [-0.3, -0.25) is 0 Å². The average Bonchev–Trinajstić information content (AvgIpc) is 2.95. The SMILES string of the molecule is CC1(C)CC1Sc1nc2c(cc1C#N)CCCC2. The third-order valence-corrected chi connectivity index (χ3v) is 5.69. The van der Waals surface area contributed by atoms with Gasteiger partial charge in [-0.15, -0.1) is 11.8 Å². The highest BCUT2D eigenvalue weighted by Gasteiger charge is 2.46. The van der Waals surface area contributed by atoms with E-state index in [4.69, 9.17) is 4.98 Å².